The van der Waals surface area contributed by atoms with Crippen LogP contribution in [0.25, 0.3) is 11.5 Å². The molecule has 0 saturated carbocycles. The molecule has 0 amide bonds. The number of oxazole rings is 1. The van der Waals surface area contributed by atoms with Crippen LogP contribution in [-0.2, 0) is 22.0 Å². The van der Waals surface area contributed by atoms with E-state index in [1.807, 2.05) is 38.1 Å². The second-order valence-electron chi connectivity index (χ2n) is 5.36. The molecule has 1 aliphatic rings. The van der Waals surface area contributed by atoms with Gasteiger partial charge in [0.2, 0.25) is 5.89 Å². The van der Waals surface area contributed by atoms with Crippen LogP contribution in [0.15, 0.2) is 28.7 Å². The number of ether oxygens (including phenoxy) is 3. The maximum absolute atomic E-state index is 5.96. The number of hydrogen-bond donors (Lipinski definition) is 1. The molecule has 0 radical (unpaired) electrons. The van der Waals surface area contributed by atoms with Crippen molar-refractivity contribution >= 4 is 24.2 Å². The average Bonchev–Trinajstić information content (AvgIpc) is 3.19. The van der Waals surface area contributed by atoms with Gasteiger partial charge in [-0.25, -0.2) is 4.98 Å². The number of benzene rings is 1. The number of methoxy groups -OCH3 is 1. The Morgan fingerprint density at radius 1 is 1.19 bits per heavy atom. The third-order valence-corrected chi connectivity index (χ3v) is 4.02. The normalized spacial score (nSPS) is 15.9. The number of nitrogens with zero attached hydrogens (tertiary/aromatic N) is 1. The van der Waals surface area contributed by atoms with Crippen molar-refractivity contribution < 1.29 is 18.6 Å². The summed E-state index contributed by atoms with van der Waals surface area (Å²) in [6.07, 6.45) is 4.67. The van der Waals surface area contributed by atoms with E-state index in [1.165, 1.54) is 0 Å². The summed E-state index contributed by atoms with van der Waals surface area (Å²) in [7, 11) is 1.63. The van der Waals surface area contributed by atoms with Crippen molar-refractivity contribution in [3.8, 4) is 17.2 Å². The van der Waals surface area contributed by atoms with Crippen LogP contribution in [0.1, 0.15) is 44.6 Å². The molecule has 0 bridgehead atoms. The summed E-state index contributed by atoms with van der Waals surface area (Å²) in [5, 5.41) is 0. The molecule has 152 valence electrons. The monoisotopic (exact) mass is 415 g/mol. The third-order valence-electron chi connectivity index (χ3n) is 3.78. The van der Waals surface area contributed by atoms with Gasteiger partial charge in [0, 0.05) is 12.2 Å². The van der Waals surface area contributed by atoms with Gasteiger partial charge < -0.3 is 18.6 Å². The van der Waals surface area contributed by atoms with Crippen LogP contribution in [0.2, 0.25) is 0 Å². The number of alkyl halides is 1. The van der Waals surface area contributed by atoms with Crippen molar-refractivity contribution in [2.75, 3.05) is 20.0 Å². The van der Waals surface area contributed by atoms with Gasteiger partial charge in [-0.05, 0) is 49.8 Å². The lowest BCUT2D eigenvalue weighted by Crippen LogP contribution is -2.22. The zero-order chi connectivity index (χ0) is 20.1. The molecule has 1 aromatic heterocycles. The fraction of sp³-hybridized carbons (Fsp3) is 0.550. The minimum atomic E-state index is -0.159. The van der Waals surface area contributed by atoms with Crippen molar-refractivity contribution in [3.05, 3.63) is 35.7 Å². The summed E-state index contributed by atoms with van der Waals surface area (Å²) >= 11 is 9.49. The molecule has 1 saturated heterocycles. The smallest absolute Gasteiger partial charge is 0.226 e. The van der Waals surface area contributed by atoms with Crippen molar-refractivity contribution in [1.29, 1.82) is 0 Å². The van der Waals surface area contributed by atoms with E-state index in [9.17, 15) is 0 Å². The Kier molecular flexibility index (Phi) is 12.3. The first kappa shape index (κ1) is 23.8. The van der Waals surface area contributed by atoms with E-state index in [1.54, 1.807) is 13.4 Å². The Bertz CT molecular complexity index is 627. The third kappa shape index (κ3) is 7.37. The van der Waals surface area contributed by atoms with Crippen molar-refractivity contribution in [2.24, 2.45) is 0 Å². The van der Waals surface area contributed by atoms with Gasteiger partial charge in [-0.2, -0.15) is 12.6 Å². The maximum Gasteiger partial charge on any atom is 0.226 e. The highest BCUT2D eigenvalue weighted by atomic mass is 35.5. The molecule has 0 N–H and O–H groups in total. The molecular formula is C20H30ClNO4S. The molecule has 2 aromatic rings. The largest absolute Gasteiger partial charge is 0.497 e. The fourth-order valence-corrected chi connectivity index (χ4v) is 2.68. The van der Waals surface area contributed by atoms with Gasteiger partial charge in [-0.1, -0.05) is 13.8 Å². The Morgan fingerprint density at radius 3 is 2.44 bits per heavy atom. The highest BCUT2D eigenvalue weighted by Gasteiger charge is 2.18. The van der Waals surface area contributed by atoms with Crippen LogP contribution >= 0.6 is 24.2 Å². The zero-order valence-electron chi connectivity index (χ0n) is 16.5. The molecule has 0 aliphatic carbocycles. The molecule has 2 heterocycles. The molecule has 5 nitrogen and oxygen atoms in total. The van der Waals surface area contributed by atoms with E-state index in [0.29, 0.717) is 18.3 Å². The first-order chi connectivity index (χ1) is 13.3. The Hall–Kier alpha value is -1.21. The quantitative estimate of drug-likeness (QED) is 0.484. The lowest BCUT2D eigenvalue weighted by molar-refractivity contribution is -0.169. The Labute approximate surface area is 172 Å². The van der Waals surface area contributed by atoms with Crippen LogP contribution in [0.3, 0.4) is 0 Å². The molecule has 3 rings (SSSR count). The number of rotatable bonds is 6. The van der Waals surface area contributed by atoms with Gasteiger partial charge in [-0.15, -0.1) is 11.6 Å². The summed E-state index contributed by atoms with van der Waals surface area (Å²) in [5.74, 6) is 2.21. The Morgan fingerprint density at radius 2 is 1.89 bits per heavy atom. The number of halogens is 1. The highest BCUT2D eigenvalue weighted by Crippen LogP contribution is 2.26. The standard InChI is InChI=1S/C17H20ClNO4.C2H6.CH4S/c1-20-13-7-5-12(6-8-13)17-19-14(15(10-18)23-17)11-22-16-4-2-3-9-21-16;2*1-2/h5-8,16H,2-4,9-11H2,1H3;1-2H3;2H,1H3. The minimum Gasteiger partial charge on any atom is -0.497 e. The summed E-state index contributed by atoms with van der Waals surface area (Å²) in [6.45, 7) is 5.09. The molecule has 0 spiro atoms. The SMILES string of the molecule is CC.COc1ccc(-c2nc(COC3CCCCO3)c(CCl)o2)cc1.CS. The van der Waals surface area contributed by atoms with Crippen LogP contribution in [-0.4, -0.2) is 31.2 Å². The van der Waals surface area contributed by atoms with Gasteiger partial charge in [0.05, 0.1) is 19.6 Å². The van der Waals surface area contributed by atoms with Crippen molar-refractivity contribution in [2.45, 2.75) is 51.9 Å². The average molecular weight is 416 g/mol. The van der Waals surface area contributed by atoms with Gasteiger partial charge >= 0.3 is 0 Å². The fourth-order valence-electron chi connectivity index (χ4n) is 2.47. The van der Waals surface area contributed by atoms with Crippen LogP contribution in [0, 0.1) is 0 Å². The molecule has 1 fully saturated rings. The second-order valence-corrected chi connectivity index (χ2v) is 5.63. The zero-order valence-corrected chi connectivity index (χ0v) is 18.2. The predicted octanol–water partition coefficient (Wildman–Crippen LogP) is 5.70. The van der Waals surface area contributed by atoms with E-state index in [-0.39, 0.29) is 12.2 Å². The lowest BCUT2D eigenvalue weighted by Gasteiger charge is -2.22. The molecule has 1 aromatic carbocycles. The summed E-state index contributed by atoms with van der Waals surface area (Å²) in [4.78, 5) is 4.52. The molecule has 27 heavy (non-hydrogen) atoms. The van der Waals surface area contributed by atoms with Gasteiger partial charge in [-0.3, -0.25) is 0 Å². The molecule has 1 unspecified atom stereocenters. The van der Waals surface area contributed by atoms with E-state index in [0.717, 1.165) is 42.9 Å². The second kappa shape index (κ2) is 13.9. The van der Waals surface area contributed by atoms with Gasteiger partial charge in [0.1, 0.15) is 17.2 Å². The molecule has 1 atom stereocenters. The molecule has 1 aliphatic heterocycles. The van der Waals surface area contributed by atoms with Crippen LogP contribution in [0.4, 0.5) is 0 Å². The highest BCUT2D eigenvalue weighted by molar-refractivity contribution is 7.79. The summed E-state index contributed by atoms with van der Waals surface area (Å²) < 4.78 is 22.3. The Balaban J connectivity index is 0.000000855. The van der Waals surface area contributed by atoms with Gasteiger partial charge in [0.25, 0.3) is 0 Å². The predicted molar refractivity (Wildman–Crippen MR) is 113 cm³/mol. The first-order valence-electron chi connectivity index (χ1n) is 9.17. The maximum atomic E-state index is 5.96. The van der Waals surface area contributed by atoms with Crippen LogP contribution < -0.4 is 4.74 Å². The van der Waals surface area contributed by atoms with E-state index >= 15 is 0 Å². The first-order valence-corrected chi connectivity index (χ1v) is 10.6. The van der Waals surface area contributed by atoms with Crippen molar-refractivity contribution in [1.82, 2.24) is 4.98 Å². The van der Waals surface area contributed by atoms with Crippen molar-refractivity contribution in [3.63, 3.8) is 0 Å². The lowest BCUT2D eigenvalue weighted by atomic mass is 10.2. The molecular weight excluding hydrogens is 386 g/mol. The van der Waals surface area contributed by atoms with Gasteiger partial charge in [0.15, 0.2) is 6.29 Å². The number of aromatic nitrogens is 1. The number of hydrogen-bond acceptors (Lipinski definition) is 6. The molecule has 7 heteroatoms. The summed E-state index contributed by atoms with van der Waals surface area (Å²) in [5.41, 5.74) is 1.59. The van der Waals surface area contributed by atoms with Crippen LogP contribution in [0.5, 0.6) is 5.75 Å². The summed E-state index contributed by atoms with van der Waals surface area (Å²) in [6, 6.07) is 7.53. The van der Waals surface area contributed by atoms with E-state index in [2.05, 4.69) is 17.6 Å². The minimum absolute atomic E-state index is 0.159. The topological polar surface area (TPSA) is 53.7 Å². The van der Waals surface area contributed by atoms with E-state index < -0.39 is 0 Å². The van der Waals surface area contributed by atoms with E-state index in [4.69, 9.17) is 30.2 Å². The number of thiol groups is 1.